The molecule has 0 saturated heterocycles. The Balaban J connectivity index is 2.22. The number of hydrogen-bond donors (Lipinski definition) is 0. The number of ether oxygens (including phenoxy) is 1. The summed E-state index contributed by atoms with van der Waals surface area (Å²) in [7, 11) is 1.42. The van der Waals surface area contributed by atoms with Gasteiger partial charge in [-0.3, -0.25) is 4.79 Å². The van der Waals surface area contributed by atoms with Crippen molar-refractivity contribution < 1.29 is 13.9 Å². The van der Waals surface area contributed by atoms with E-state index in [1.54, 1.807) is 30.3 Å². The van der Waals surface area contributed by atoms with E-state index in [0.717, 1.165) is 11.6 Å². The first-order valence-corrected chi connectivity index (χ1v) is 6.20. The zero-order valence-electron chi connectivity index (χ0n) is 11.3. The molecule has 0 unspecified atom stereocenters. The minimum absolute atomic E-state index is 0.169. The van der Waals surface area contributed by atoms with Crippen molar-refractivity contribution >= 4 is 11.9 Å². The molecule has 104 valence electrons. The number of carbonyl (C=O) groups is 1. The smallest absolute Gasteiger partial charge is 0.189 e. The summed E-state index contributed by atoms with van der Waals surface area (Å²) in [6, 6.07) is 12.6. The summed E-state index contributed by atoms with van der Waals surface area (Å²) in [4.78, 5) is 12.1. The van der Waals surface area contributed by atoms with Crippen LogP contribution in [0.5, 0.6) is 5.75 Å². The normalized spacial score (nSPS) is 10.3. The minimum atomic E-state index is -0.495. The number of nitrogens with zero attached hydrogens (tertiary/aromatic N) is 1. The molecule has 0 amide bonds. The van der Waals surface area contributed by atoms with Gasteiger partial charge in [0.1, 0.15) is 11.6 Å². The van der Waals surface area contributed by atoms with Crippen LogP contribution in [0, 0.1) is 17.1 Å². The van der Waals surface area contributed by atoms with Crippen molar-refractivity contribution in [2.24, 2.45) is 0 Å². The highest BCUT2D eigenvalue weighted by Gasteiger charge is 2.10. The zero-order chi connectivity index (χ0) is 15.2. The van der Waals surface area contributed by atoms with Gasteiger partial charge in [-0.1, -0.05) is 18.2 Å². The average molecular weight is 281 g/mol. The molecule has 0 aliphatic rings. The van der Waals surface area contributed by atoms with Gasteiger partial charge in [-0.05, 0) is 42.0 Å². The Kier molecular flexibility index (Phi) is 4.47. The van der Waals surface area contributed by atoms with Gasteiger partial charge in [-0.25, -0.2) is 4.39 Å². The summed E-state index contributed by atoms with van der Waals surface area (Å²) in [5.74, 6) is -0.521. The van der Waals surface area contributed by atoms with E-state index in [4.69, 9.17) is 10.00 Å². The summed E-state index contributed by atoms with van der Waals surface area (Å²) in [5, 5.41) is 8.71. The molecule has 0 heterocycles. The topological polar surface area (TPSA) is 50.1 Å². The monoisotopic (exact) mass is 281 g/mol. The molecule has 0 fully saturated rings. The molecule has 0 N–H and O–H groups in total. The summed E-state index contributed by atoms with van der Waals surface area (Å²) in [5.41, 5.74) is 1.49. The number of benzene rings is 2. The molecule has 0 aliphatic carbocycles. The lowest BCUT2D eigenvalue weighted by Gasteiger charge is -2.05. The van der Waals surface area contributed by atoms with Crippen LogP contribution in [-0.4, -0.2) is 12.9 Å². The molecule has 0 spiro atoms. The maximum absolute atomic E-state index is 13.2. The third-order valence-electron chi connectivity index (χ3n) is 2.89. The molecule has 3 nitrogen and oxygen atoms in total. The van der Waals surface area contributed by atoms with Gasteiger partial charge in [0.05, 0.1) is 24.3 Å². The first-order chi connectivity index (χ1) is 10.1. The standard InChI is InChI=1S/C17H12FNO2/c1-21-17-9-7-14(18)10-15(17)16(20)8-6-12-2-4-13(11-19)5-3-12/h2-10H,1H3. The Hall–Kier alpha value is -2.93. The van der Waals surface area contributed by atoms with Crippen molar-refractivity contribution in [3.8, 4) is 11.8 Å². The lowest BCUT2D eigenvalue weighted by Crippen LogP contribution is -1.99. The van der Waals surface area contributed by atoms with Crippen molar-refractivity contribution in [1.82, 2.24) is 0 Å². The van der Waals surface area contributed by atoms with Crippen molar-refractivity contribution in [1.29, 1.82) is 5.26 Å². The van der Waals surface area contributed by atoms with E-state index < -0.39 is 5.82 Å². The van der Waals surface area contributed by atoms with Crippen LogP contribution in [0.4, 0.5) is 4.39 Å². The molecular formula is C17H12FNO2. The summed E-state index contributed by atoms with van der Waals surface area (Å²) >= 11 is 0. The van der Waals surface area contributed by atoms with Gasteiger partial charge in [0, 0.05) is 0 Å². The van der Waals surface area contributed by atoms with E-state index in [0.29, 0.717) is 11.3 Å². The van der Waals surface area contributed by atoms with Gasteiger partial charge in [0.15, 0.2) is 5.78 Å². The van der Waals surface area contributed by atoms with Crippen molar-refractivity contribution in [3.05, 3.63) is 71.0 Å². The Labute approximate surface area is 121 Å². The first-order valence-electron chi connectivity index (χ1n) is 6.20. The molecule has 21 heavy (non-hydrogen) atoms. The number of hydrogen-bond acceptors (Lipinski definition) is 3. The number of allylic oxidation sites excluding steroid dienone is 1. The van der Waals surface area contributed by atoms with E-state index >= 15 is 0 Å². The highest BCUT2D eigenvalue weighted by Crippen LogP contribution is 2.20. The van der Waals surface area contributed by atoms with E-state index in [1.165, 1.54) is 25.3 Å². The van der Waals surface area contributed by atoms with Gasteiger partial charge in [-0.15, -0.1) is 0 Å². The van der Waals surface area contributed by atoms with E-state index in [2.05, 4.69) is 0 Å². The van der Waals surface area contributed by atoms with Crippen LogP contribution < -0.4 is 4.74 Å². The van der Waals surface area contributed by atoms with Crippen molar-refractivity contribution in [3.63, 3.8) is 0 Å². The largest absolute Gasteiger partial charge is 0.496 e. The van der Waals surface area contributed by atoms with Crippen LogP contribution in [0.3, 0.4) is 0 Å². The summed E-state index contributed by atoms with van der Waals surface area (Å²) < 4.78 is 18.3. The minimum Gasteiger partial charge on any atom is -0.496 e. The number of ketones is 1. The average Bonchev–Trinajstić information content (AvgIpc) is 2.53. The molecular weight excluding hydrogens is 269 g/mol. The molecule has 0 bridgehead atoms. The lowest BCUT2D eigenvalue weighted by atomic mass is 10.1. The summed E-state index contributed by atoms with van der Waals surface area (Å²) in [6.45, 7) is 0. The second-order valence-corrected chi connectivity index (χ2v) is 4.28. The third kappa shape index (κ3) is 3.54. The van der Waals surface area contributed by atoms with E-state index in [9.17, 15) is 9.18 Å². The van der Waals surface area contributed by atoms with E-state index in [1.807, 2.05) is 6.07 Å². The molecule has 0 aliphatic heterocycles. The number of halogens is 1. The van der Waals surface area contributed by atoms with Gasteiger partial charge < -0.3 is 4.74 Å². The molecule has 4 heteroatoms. The Morgan fingerprint density at radius 3 is 2.57 bits per heavy atom. The molecule has 2 aromatic rings. The highest BCUT2D eigenvalue weighted by molar-refractivity contribution is 6.08. The van der Waals surface area contributed by atoms with Crippen LogP contribution in [0.2, 0.25) is 0 Å². The Bertz CT molecular complexity index is 727. The van der Waals surface area contributed by atoms with Crippen LogP contribution >= 0.6 is 0 Å². The zero-order valence-corrected chi connectivity index (χ0v) is 11.3. The van der Waals surface area contributed by atoms with Crippen molar-refractivity contribution in [2.75, 3.05) is 7.11 Å². The van der Waals surface area contributed by atoms with Gasteiger partial charge in [0.25, 0.3) is 0 Å². The Morgan fingerprint density at radius 1 is 1.24 bits per heavy atom. The van der Waals surface area contributed by atoms with Gasteiger partial charge in [0.2, 0.25) is 0 Å². The quantitative estimate of drug-likeness (QED) is 0.635. The van der Waals surface area contributed by atoms with E-state index in [-0.39, 0.29) is 11.3 Å². The maximum atomic E-state index is 13.2. The van der Waals surface area contributed by atoms with Gasteiger partial charge >= 0.3 is 0 Å². The maximum Gasteiger partial charge on any atom is 0.189 e. The molecule has 2 rings (SSSR count). The number of carbonyl (C=O) groups excluding carboxylic acids is 1. The predicted molar refractivity (Wildman–Crippen MR) is 77.5 cm³/mol. The fourth-order valence-corrected chi connectivity index (χ4v) is 1.80. The van der Waals surface area contributed by atoms with Crippen LogP contribution in [0.1, 0.15) is 21.5 Å². The SMILES string of the molecule is COc1ccc(F)cc1C(=O)C=Cc1ccc(C#N)cc1. The number of nitriles is 1. The second-order valence-electron chi connectivity index (χ2n) is 4.28. The fourth-order valence-electron chi connectivity index (χ4n) is 1.80. The second kappa shape index (κ2) is 6.49. The molecule has 2 aromatic carbocycles. The van der Waals surface area contributed by atoms with Gasteiger partial charge in [-0.2, -0.15) is 5.26 Å². The first kappa shape index (κ1) is 14.5. The molecule has 0 radical (unpaired) electrons. The molecule has 0 saturated carbocycles. The molecule has 0 aromatic heterocycles. The number of rotatable bonds is 4. The highest BCUT2D eigenvalue weighted by atomic mass is 19.1. The lowest BCUT2D eigenvalue weighted by molar-refractivity contribution is 0.104. The predicted octanol–water partition coefficient (Wildman–Crippen LogP) is 3.60. The van der Waals surface area contributed by atoms with Crippen molar-refractivity contribution in [2.45, 2.75) is 0 Å². The summed E-state index contributed by atoms with van der Waals surface area (Å²) in [6.07, 6.45) is 2.95. The fraction of sp³-hybridized carbons (Fsp3) is 0.0588. The van der Waals surface area contributed by atoms with Crippen LogP contribution in [-0.2, 0) is 0 Å². The van der Waals surface area contributed by atoms with Crippen LogP contribution in [0.25, 0.3) is 6.08 Å². The van der Waals surface area contributed by atoms with Crippen LogP contribution in [0.15, 0.2) is 48.5 Å². The molecule has 0 atom stereocenters. The number of methoxy groups -OCH3 is 1. The Morgan fingerprint density at radius 2 is 1.95 bits per heavy atom. The third-order valence-corrected chi connectivity index (χ3v) is 2.89.